The summed E-state index contributed by atoms with van der Waals surface area (Å²) in [6, 6.07) is 0. The zero-order chi connectivity index (χ0) is 7.56. The molecule has 1 rings (SSSR count). The van der Waals surface area contributed by atoms with Crippen LogP contribution < -0.4 is 0 Å². The van der Waals surface area contributed by atoms with Crippen molar-refractivity contribution in [3.8, 4) is 0 Å². The van der Waals surface area contributed by atoms with Gasteiger partial charge in [-0.25, -0.2) is 0 Å². The zero-order valence-electron chi connectivity index (χ0n) is 5.78. The minimum Gasteiger partial charge on any atom is -0.365 e. The van der Waals surface area contributed by atoms with Crippen LogP contribution in [0.5, 0.6) is 0 Å². The van der Waals surface area contributed by atoms with Gasteiger partial charge in [-0.2, -0.15) is 0 Å². The van der Waals surface area contributed by atoms with E-state index in [4.69, 9.17) is 9.84 Å². The van der Waals surface area contributed by atoms with Gasteiger partial charge in [-0.05, 0) is 18.6 Å². The number of rotatable bonds is 1. The van der Waals surface area contributed by atoms with Gasteiger partial charge in [0.2, 0.25) is 0 Å². The van der Waals surface area contributed by atoms with Crippen LogP contribution in [0.15, 0.2) is 12.2 Å². The van der Waals surface area contributed by atoms with Crippen molar-refractivity contribution < 1.29 is 14.6 Å². The van der Waals surface area contributed by atoms with E-state index in [1.54, 1.807) is 0 Å². The standard InChI is InChI=1S/C7H10O3/c1-2-6-5(8)3-4-7(9)10-6/h3-4,6-7,9H,2H2,1H3/t6-,7+/m1/s1. The summed E-state index contributed by atoms with van der Waals surface area (Å²) in [4.78, 5) is 10.8. The third kappa shape index (κ3) is 1.43. The molecule has 0 fully saturated rings. The summed E-state index contributed by atoms with van der Waals surface area (Å²) < 4.78 is 4.87. The Bertz CT molecular complexity index is 162. The summed E-state index contributed by atoms with van der Waals surface area (Å²) in [6.07, 6.45) is 1.97. The Morgan fingerprint density at radius 2 is 2.50 bits per heavy atom. The Balaban J connectivity index is 2.62. The first-order valence-electron chi connectivity index (χ1n) is 3.29. The van der Waals surface area contributed by atoms with Crippen molar-refractivity contribution in [2.24, 2.45) is 0 Å². The molecule has 3 heteroatoms. The van der Waals surface area contributed by atoms with E-state index in [0.29, 0.717) is 6.42 Å². The lowest BCUT2D eigenvalue weighted by Gasteiger charge is -2.19. The Kier molecular flexibility index (Phi) is 2.19. The fourth-order valence-corrected chi connectivity index (χ4v) is 0.863. The second kappa shape index (κ2) is 2.94. The molecule has 0 radical (unpaired) electrons. The van der Waals surface area contributed by atoms with Gasteiger partial charge in [0.15, 0.2) is 12.1 Å². The fraction of sp³-hybridized carbons (Fsp3) is 0.571. The second-order valence-corrected chi connectivity index (χ2v) is 2.19. The van der Waals surface area contributed by atoms with Gasteiger partial charge in [-0.1, -0.05) is 6.92 Å². The van der Waals surface area contributed by atoms with Crippen molar-refractivity contribution in [3.05, 3.63) is 12.2 Å². The van der Waals surface area contributed by atoms with Crippen molar-refractivity contribution in [2.75, 3.05) is 0 Å². The lowest BCUT2D eigenvalue weighted by Crippen LogP contribution is -2.30. The maximum absolute atomic E-state index is 10.8. The summed E-state index contributed by atoms with van der Waals surface area (Å²) >= 11 is 0. The third-order valence-corrected chi connectivity index (χ3v) is 1.42. The predicted molar refractivity (Wildman–Crippen MR) is 35.3 cm³/mol. The van der Waals surface area contributed by atoms with Crippen LogP contribution in [0.2, 0.25) is 0 Å². The van der Waals surface area contributed by atoms with Gasteiger partial charge in [0.25, 0.3) is 0 Å². The lowest BCUT2D eigenvalue weighted by molar-refractivity contribution is -0.148. The minimum absolute atomic E-state index is 0.0622. The molecule has 1 aliphatic rings. The highest BCUT2D eigenvalue weighted by atomic mass is 16.6. The van der Waals surface area contributed by atoms with Gasteiger partial charge in [-0.15, -0.1) is 0 Å². The topological polar surface area (TPSA) is 46.5 Å². The molecule has 1 heterocycles. The van der Waals surface area contributed by atoms with E-state index in [0.717, 1.165) is 0 Å². The average Bonchev–Trinajstić information content (AvgIpc) is 1.94. The molecule has 0 aromatic carbocycles. The molecule has 0 saturated carbocycles. The molecular formula is C7H10O3. The zero-order valence-corrected chi connectivity index (χ0v) is 5.78. The van der Waals surface area contributed by atoms with Gasteiger partial charge < -0.3 is 9.84 Å². The van der Waals surface area contributed by atoms with Crippen LogP contribution in [-0.2, 0) is 9.53 Å². The molecule has 10 heavy (non-hydrogen) atoms. The fourth-order valence-electron chi connectivity index (χ4n) is 0.863. The quantitative estimate of drug-likeness (QED) is 0.570. The van der Waals surface area contributed by atoms with Crippen molar-refractivity contribution in [1.82, 2.24) is 0 Å². The highest BCUT2D eigenvalue weighted by molar-refractivity contribution is 5.94. The monoisotopic (exact) mass is 142 g/mol. The van der Waals surface area contributed by atoms with E-state index < -0.39 is 12.4 Å². The first-order valence-corrected chi connectivity index (χ1v) is 3.29. The van der Waals surface area contributed by atoms with Crippen LogP contribution in [0.1, 0.15) is 13.3 Å². The summed E-state index contributed by atoms with van der Waals surface area (Å²) in [5.41, 5.74) is 0. The van der Waals surface area contributed by atoms with Gasteiger partial charge >= 0.3 is 0 Å². The number of aliphatic hydroxyl groups excluding tert-OH is 1. The highest BCUT2D eigenvalue weighted by Gasteiger charge is 2.21. The van der Waals surface area contributed by atoms with Crippen LogP contribution >= 0.6 is 0 Å². The largest absolute Gasteiger partial charge is 0.365 e. The Hall–Kier alpha value is -0.670. The Morgan fingerprint density at radius 3 is 3.00 bits per heavy atom. The number of aliphatic hydroxyl groups is 1. The molecule has 0 spiro atoms. The van der Waals surface area contributed by atoms with Crippen LogP contribution in [0.25, 0.3) is 0 Å². The van der Waals surface area contributed by atoms with Crippen LogP contribution in [0, 0.1) is 0 Å². The molecule has 1 aliphatic heterocycles. The van der Waals surface area contributed by atoms with E-state index in [1.807, 2.05) is 6.92 Å². The summed E-state index contributed by atoms with van der Waals surface area (Å²) in [7, 11) is 0. The van der Waals surface area contributed by atoms with Gasteiger partial charge in [-0.3, -0.25) is 4.79 Å². The van der Waals surface area contributed by atoms with Gasteiger partial charge in [0.1, 0.15) is 6.10 Å². The number of hydrogen-bond acceptors (Lipinski definition) is 3. The molecule has 0 aliphatic carbocycles. The molecular weight excluding hydrogens is 132 g/mol. The van der Waals surface area contributed by atoms with Crippen LogP contribution in [0.4, 0.5) is 0 Å². The lowest BCUT2D eigenvalue weighted by atomic mass is 10.1. The van der Waals surface area contributed by atoms with E-state index in [-0.39, 0.29) is 5.78 Å². The molecule has 0 aromatic heterocycles. The molecule has 0 aromatic rings. The Labute approximate surface area is 59.3 Å². The van der Waals surface area contributed by atoms with E-state index >= 15 is 0 Å². The molecule has 2 atom stereocenters. The minimum atomic E-state index is -0.900. The summed E-state index contributed by atoms with van der Waals surface area (Å²) in [6.45, 7) is 1.84. The number of hydrogen-bond donors (Lipinski definition) is 1. The molecule has 3 nitrogen and oxygen atoms in total. The predicted octanol–water partition coefficient (Wildman–Crippen LogP) is 0.239. The third-order valence-electron chi connectivity index (χ3n) is 1.42. The molecule has 56 valence electrons. The first kappa shape index (κ1) is 7.44. The summed E-state index contributed by atoms with van der Waals surface area (Å²) in [5, 5.41) is 8.87. The number of ketones is 1. The molecule has 0 saturated heterocycles. The molecule has 0 bridgehead atoms. The number of carbonyl (C=O) groups is 1. The highest BCUT2D eigenvalue weighted by Crippen LogP contribution is 2.09. The smallest absolute Gasteiger partial charge is 0.184 e. The maximum atomic E-state index is 10.8. The van der Waals surface area contributed by atoms with Crippen molar-refractivity contribution >= 4 is 5.78 Å². The van der Waals surface area contributed by atoms with Crippen LogP contribution in [-0.4, -0.2) is 23.3 Å². The van der Waals surface area contributed by atoms with Crippen molar-refractivity contribution in [1.29, 1.82) is 0 Å². The van der Waals surface area contributed by atoms with E-state index in [1.165, 1.54) is 12.2 Å². The van der Waals surface area contributed by atoms with E-state index in [2.05, 4.69) is 0 Å². The molecule has 0 unspecified atom stereocenters. The average molecular weight is 142 g/mol. The number of carbonyl (C=O) groups excluding carboxylic acids is 1. The second-order valence-electron chi connectivity index (χ2n) is 2.19. The van der Waals surface area contributed by atoms with Gasteiger partial charge in [0.05, 0.1) is 0 Å². The molecule has 1 N–H and O–H groups in total. The molecule has 0 amide bonds. The van der Waals surface area contributed by atoms with Crippen LogP contribution in [0.3, 0.4) is 0 Å². The van der Waals surface area contributed by atoms with Crippen molar-refractivity contribution in [3.63, 3.8) is 0 Å². The van der Waals surface area contributed by atoms with Gasteiger partial charge in [0, 0.05) is 0 Å². The summed E-state index contributed by atoms with van der Waals surface area (Å²) in [5.74, 6) is -0.0622. The number of ether oxygens (including phenoxy) is 1. The van der Waals surface area contributed by atoms with Crippen molar-refractivity contribution in [2.45, 2.75) is 25.7 Å². The maximum Gasteiger partial charge on any atom is 0.184 e. The SMILES string of the molecule is CC[C@H]1O[C@H](O)C=CC1=O. The van der Waals surface area contributed by atoms with E-state index in [9.17, 15) is 4.79 Å². The normalized spacial score (nSPS) is 32.8. The Morgan fingerprint density at radius 1 is 1.80 bits per heavy atom. The first-order chi connectivity index (χ1) is 4.74.